The molecule has 7 nitrogen and oxygen atoms in total. The number of para-hydroxylation sites is 2. The molecule has 4 rings (SSSR count). The molecule has 2 heterocycles. The van der Waals surface area contributed by atoms with Gasteiger partial charge in [0.2, 0.25) is 5.96 Å². The summed E-state index contributed by atoms with van der Waals surface area (Å²) >= 11 is 6.48. The molecule has 3 N–H and O–H groups in total. The number of amides is 1. The van der Waals surface area contributed by atoms with E-state index in [2.05, 4.69) is 20.9 Å². The van der Waals surface area contributed by atoms with Crippen LogP contribution in [-0.4, -0.2) is 23.4 Å². The molecule has 0 radical (unpaired) electrons. The first-order chi connectivity index (χ1) is 15.5. The quantitative estimate of drug-likeness (QED) is 0.479. The number of oxazole rings is 1. The van der Waals surface area contributed by atoms with Gasteiger partial charge in [0, 0.05) is 22.8 Å². The second-order valence-corrected chi connectivity index (χ2v) is 7.90. The number of carbonyl (C=O) groups excluding carboxylic acids is 1. The molecule has 0 saturated carbocycles. The van der Waals surface area contributed by atoms with Crippen molar-refractivity contribution in [2.75, 3.05) is 11.9 Å². The van der Waals surface area contributed by atoms with Gasteiger partial charge in [0.25, 0.3) is 5.91 Å². The third-order valence-corrected chi connectivity index (χ3v) is 5.57. The normalized spacial score (nSPS) is 16.6. The molecule has 2 aromatic carbocycles. The molecule has 3 aromatic rings. The van der Waals surface area contributed by atoms with Crippen molar-refractivity contribution in [1.82, 2.24) is 15.6 Å². The molecular formula is C24H24ClN5O2. The summed E-state index contributed by atoms with van der Waals surface area (Å²) in [7, 11) is 0. The fourth-order valence-electron chi connectivity index (χ4n) is 3.40. The van der Waals surface area contributed by atoms with Crippen LogP contribution in [0.25, 0.3) is 11.1 Å². The van der Waals surface area contributed by atoms with Gasteiger partial charge >= 0.3 is 6.01 Å². The molecule has 1 aliphatic rings. The number of nitrogens with one attached hydrogen (secondary N) is 3. The smallest absolute Gasteiger partial charge is 0.302 e. The van der Waals surface area contributed by atoms with E-state index < -0.39 is 6.04 Å². The topological polar surface area (TPSA) is 91.6 Å². The van der Waals surface area contributed by atoms with Gasteiger partial charge < -0.3 is 15.1 Å². The van der Waals surface area contributed by atoms with Crippen molar-refractivity contribution in [3.8, 4) is 0 Å². The molecular weight excluding hydrogens is 426 g/mol. The lowest BCUT2D eigenvalue weighted by molar-refractivity contribution is -0.117. The molecule has 164 valence electrons. The van der Waals surface area contributed by atoms with E-state index in [1.165, 1.54) is 0 Å². The van der Waals surface area contributed by atoms with Crippen LogP contribution in [0.15, 0.2) is 80.9 Å². The van der Waals surface area contributed by atoms with Crippen molar-refractivity contribution in [1.29, 1.82) is 0 Å². The molecule has 0 aliphatic carbocycles. The van der Waals surface area contributed by atoms with E-state index in [0.717, 1.165) is 16.7 Å². The van der Waals surface area contributed by atoms with E-state index in [4.69, 9.17) is 21.0 Å². The van der Waals surface area contributed by atoms with E-state index >= 15 is 0 Å². The summed E-state index contributed by atoms with van der Waals surface area (Å²) in [4.78, 5) is 22.3. The van der Waals surface area contributed by atoms with Crippen LogP contribution in [0, 0.1) is 0 Å². The Kier molecular flexibility index (Phi) is 6.28. The molecule has 32 heavy (non-hydrogen) atoms. The molecule has 1 atom stereocenters. The summed E-state index contributed by atoms with van der Waals surface area (Å²) in [5, 5.41) is 9.74. The zero-order valence-corrected chi connectivity index (χ0v) is 18.8. The Morgan fingerprint density at radius 1 is 1.22 bits per heavy atom. The van der Waals surface area contributed by atoms with Gasteiger partial charge in [-0.3, -0.25) is 10.1 Å². The molecule has 1 aliphatic heterocycles. The monoisotopic (exact) mass is 449 g/mol. The van der Waals surface area contributed by atoms with Crippen LogP contribution in [0.1, 0.15) is 32.4 Å². The van der Waals surface area contributed by atoms with Gasteiger partial charge in [-0.25, -0.2) is 4.99 Å². The minimum Gasteiger partial charge on any atom is -0.423 e. The fourth-order valence-corrected chi connectivity index (χ4v) is 3.64. The lowest BCUT2D eigenvalue weighted by Crippen LogP contribution is -2.39. The van der Waals surface area contributed by atoms with Crippen LogP contribution in [0.2, 0.25) is 5.02 Å². The number of aromatic nitrogens is 1. The van der Waals surface area contributed by atoms with E-state index in [1.807, 2.05) is 69.3 Å². The van der Waals surface area contributed by atoms with Crippen LogP contribution < -0.4 is 16.0 Å². The first-order valence-electron chi connectivity index (χ1n) is 10.3. The van der Waals surface area contributed by atoms with Crippen molar-refractivity contribution in [2.45, 2.75) is 26.8 Å². The maximum Gasteiger partial charge on any atom is 0.302 e. The molecule has 0 spiro atoms. The second kappa shape index (κ2) is 9.28. The highest BCUT2D eigenvalue weighted by atomic mass is 35.5. The van der Waals surface area contributed by atoms with Gasteiger partial charge in [-0.2, -0.15) is 4.98 Å². The van der Waals surface area contributed by atoms with Crippen LogP contribution >= 0.6 is 11.6 Å². The number of hydrogen-bond donors (Lipinski definition) is 3. The zero-order valence-electron chi connectivity index (χ0n) is 18.1. The number of carbonyl (C=O) groups is 1. The van der Waals surface area contributed by atoms with Crippen molar-refractivity contribution >= 4 is 40.6 Å². The molecule has 1 aromatic heterocycles. The first kappa shape index (κ1) is 21.6. The highest BCUT2D eigenvalue weighted by molar-refractivity contribution is 6.31. The van der Waals surface area contributed by atoms with E-state index in [9.17, 15) is 4.79 Å². The summed E-state index contributed by atoms with van der Waals surface area (Å²) in [5.74, 6) is 0.214. The second-order valence-electron chi connectivity index (χ2n) is 7.49. The van der Waals surface area contributed by atoms with Gasteiger partial charge in [-0.15, -0.1) is 0 Å². The summed E-state index contributed by atoms with van der Waals surface area (Å²) in [6.07, 6.45) is 1.96. The number of nitrogens with zero attached hydrogens (tertiary/aromatic N) is 2. The SMILES string of the molecule is C/C=C(\C)CNC(=O)C1=C(C)NC(Nc2nc3ccccc3o2)=NC1c1ccccc1Cl. The van der Waals surface area contributed by atoms with E-state index in [1.54, 1.807) is 6.07 Å². The maximum absolute atomic E-state index is 13.1. The number of allylic oxidation sites excluding steroid dienone is 2. The Balaban J connectivity index is 1.67. The van der Waals surface area contributed by atoms with Gasteiger partial charge in [-0.05, 0) is 39.0 Å². The van der Waals surface area contributed by atoms with Crippen molar-refractivity contribution < 1.29 is 9.21 Å². The maximum atomic E-state index is 13.1. The Morgan fingerprint density at radius 3 is 2.72 bits per heavy atom. The average molecular weight is 450 g/mol. The molecule has 8 heteroatoms. The number of rotatable bonds is 5. The summed E-state index contributed by atoms with van der Waals surface area (Å²) in [6.45, 7) is 6.20. The average Bonchev–Trinajstić information content (AvgIpc) is 3.19. The molecule has 0 bridgehead atoms. The largest absolute Gasteiger partial charge is 0.423 e. The van der Waals surface area contributed by atoms with Gasteiger partial charge in [0.1, 0.15) is 11.6 Å². The van der Waals surface area contributed by atoms with Crippen LogP contribution in [0.4, 0.5) is 6.01 Å². The number of fused-ring (bicyclic) bond motifs is 1. The predicted molar refractivity (Wildman–Crippen MR) is 128 cm³/mol. The number of hydrogen-bond acceptors (Lipinski definition) is 6. The lowest BCUT2D eigenvalue weighted by atomic mass is 9.95. The third kappa shape index (κ3) is 4.53. The Morgan fingerprint density at radius 2 is 1.97 bits per heavy atom. The number of anilines is 1. The van der Waals surface area contributed by atoms with Crippen LogP contribution in [0.5, 0.6) is 0 Å². The number of aliphatic imine (C=N–C) groups is 1. The first-order valence-corrected chi connectivity index (χ1v) is 10.7. The van der Waals surface area contributed by atoms with Crippen LogP contribution in [-0.2, 0) is 4.79 Å². The Hall–Kier alpha value is -3.58. The minimum absolute atomic E-state index is 0.203. The summed E-state index contributed by atoms with van der Waals surface area (Å²) in [5.41, 5.74) is 4.38. The van der Waals surface area contributed by atoms with Crippen molar-refractivity contribution in [3.63, 3.8) is 0 Å². The van der Waals surface area contributed by atoms with E-state index in [-0.39, 0.29) is 5.91 Å². The minimum atomic E-state index is -0.595. The summed E-state index contributed by atoms with van der Waals surface area (Å²) in [6, 6.07) is 14.6. The zero-order chi connectivity index (χ0) is 22.7. The third-order valence-electron chi connectivity index (χ3n) is 5.23. The summed E-state index contributed by atoms with van der Waals surface area (Å²) < 4.78 is 5.75. The molecule has 0 saturated heterocycles. The van der Waals surface area contributed by atoms with Gasteiger partial charge in [0.15, 0.2) is 5.58 Å². The number of benzene rings is 2. The van der Waals surface area contributed by atoms with E-state index in [0.29, 0.717) is 40.4 Å². The fraction of sp³-hybridized carbons (Fsp3) is 0.208. The Labute approximate surface area is 191 Å². The number of guanidine groups is 1. The van der Waals surface area contributed by atoms with Gasteiger partial charge in [0.05, 0.1) is 5.57 Å². The molecule has 1 unspecified atom stereocenters. The Bertz CT molecular complexity index is 1230. The highest BCUT2D eigenvalue weighted by Gasteiger charge is 2.30. The van der Waals surface area contributed by atoms with Gasteiger partial charge in [-0.1, -0.05) is 53.6 Å². The standard InChI is InChI=1S/C24H24ClN5O2/c1-4-14(2)13-26-22(31)20-15(3)27-23(29-21(20)16-9-5-6-10-17(16)25)30-24-28-18-11-7-8-12-19(18)32-24/h4-12,21H,13H2,1-3H3,(H,26,31)(H2,27,28,29,30)/b14-4+. The molecule has 0 fully saturated rings. The highest BCUT2D eigenvalue weighted by Crippen LogP contribution is 2.35. The van der Waals surface area contributed by atoms with Crippen LogP contribution in [0.3, 0.4) is 0 Å². The lowest BCUT2D eigenvalue weighted by Gasteiger charge is -2.27. The predicted octanol–water partition coefficient (Wildman–Crippen LogP) is 4.95. The number of halogens is 1. The van der Waals surface area contributed by atoms with Crippen molar-refractivity contribution in [3.05, 3.63) is 82.0 Å². The van der Waals surface area contributed by atoms with Crippen molar-refractivity contribution in [2.24, 2.45) is 4.99 Å². The molecule has 1 amide bonds.